The topological polar surface area (TPSA) is 38.7 Å². The van der Waals surface area contributed by atoms with Crippen LogP contribution in [0.5, 0.6) is 0 Å². The summed E-state index contributed by atoms with van der Waals surface area (Å²) in [6.45, 7) is 0. The van der Waals surface area contributed by atoms with Crippen LogP contribution in [0.4, 0.5) is 0 Å². The molecule has 3 heteroatoms. The lowest BCUT2D eigenvalue weighted by atomic mass is 9.92. The van der Waals surface area contributed by atoms with Gasteiger partial charge in [0.25, 0.3) is 0 Å². The Morgan fingerprint density at radius 1 is 0.240 bits per heavy atom. The van der Waals surface area contributed by atoms with E-state index >= 15 is 0 Å². The van der Waals surface area contributed by atoms with Crippen LogP contribution in [0, 0.1) is 0 Å². The molecule has 1 aromatic heterocycles. The number of aromatic nitrogens is 3. The Balaban J connectivity index is 1.14. The maximum absolute atomic E-state index is 5.08. The van der Waals surface area contributed by atoms with Crippen molar-refractivity contribution < 1.29 is 0 Å². The second-order valence-corrected chi connectivity index (χ2v) is 12.4. The van der Waals surface area contributed by atoms with Gasteiger partial charge in [-0.25, -0.2) is 15.0 Å². The van der Waals surface area contributed by atoms with Crippen LogP contribution in [-0.2, 0) is 0 Å². The summed E-state index contributed by atoms with van der Waals surface area (Å²) in [6.07, 6.45) is 0. The molecule has 0 amide bonds. The largest absolute Gasteiger partial charge is 0.208 e. The van der Waals surface area contributed by atoms with Gasteiger partial charge in [0.05, 0.1) is 0 Å². The van der Waals surface area contributed by atoms with Gasteiger partial charge >= 0.3 is 0 Å². The summed E-state index contributed by atoms with van der Waals surface area (Å²) in [7, 11) is 0. The highest BCUT2D eigenvalue weighted by Gasteiger charge is 2.15. The third kappa shape index (κ3) is 5.51. The standard InChI is InChI=1S/C47H31N3/c1-3-13-32(14-4-1)41-23-11-26-44-42(24-12-25-43(41)44)37-19-9-20-38(31-37)47-49-45(35-16-5-2-6-17-35)48-46(50-47)36-29-27-34(28-30-36)40-22-10-18-33-15-7-8-21-39(33)40/h1-31H. The molecule has 0 aliphatic carbocycles. The molecule has 0 spiro atoms. The molecule has 9 rings (SSSR count). The van der Waals surface area contributed by atoms with Crippen molar-refractivity contribution in [2.24, 2.45) is 0 Å². The molecule has 0 fully saturated rings. The third-order valence-electron chi connectivity index (χ3n) is 9.35. The number of hydrogen-bond acceptors (Lipinski definition) is 3. The fourth-order valence-electron chi connectivity index (χ4n) is 6.88. The molecule has 0 N–H and O–H groups in total. The fourth-order valence-corrected chi connectivity index (χ4v) is 6.88. The highest BCUT2D eigenvalue weighted by atomic mass is 15.0. The first-order valence-corrected chi connectivity index (χ1v) is 16.9. The van der Waals surface area contributed by atoms with Crippen LogP contribution in [0.1, 0.15) is 0 Å². The molecule has 8 aromatic carbocycles. The summed E-state index contributed by atoms with van der Waals surface area (Å²) in [4.78, 5) is 15.1. The number of benzene rings is 8. The predicted molar refractivity (Wildman–Crippen MR) is 207 cm³/mol. The fraction of sp³-hybridized carbons (Fsp3) is 0. The van der Waals surface area contributed by atoms with Gasteiger partial charge in [-0.2, -0.15) is 0 Å². The first-order chi connectivity index (χ1) is 24.8. The normalized spacial score (nSPS) is 11.2. The average molecular weight is 638 g/mol. The van der Waals surface area contributed by atoms with Crippen molar-refractivity contribution in [3.8, 4) is 67.5 Å². The van der Waals surface area contributed by atoms with E-state index in [2.05, 4.69) is 158 Å². The monoisotopic (exact) mass is 637 g/mol. The van der Waals surface area contributed by atoms with Crippen LogP contribution in [0.15, 0.2) is 188 Å². The van der Waals surface area contributed by atoms with E-state index in [-0.39, 0.29) is 0 Å². The Morgan fingerprint density at radius 3 is 1.30 bits per heavy atom. The van der Waals surface area contributed by atoms with E-state index in [1.165, 1.54) is 43.8 Å². The van der Waals surface area contributed by atoms with Crippen molar-refractivity contribution in [1.29, 1.82) is 0 Å². The maximum Gasteiger partial charge on any atom is 0.164 e. The highest BCUT2D eigenvalue weighted by molar-refractivity contribution is 6.04. The predicted octanol–water partition coefficient (Wildman–Crippen LogP) is 12.2. The molecule has 0 aliphatic rings. The SMILES string of the molecule is c1ccc(-c2nc(-c3ccc(-c4cccc5ccccc45)cc3)nc(-c3cccc(-c4cccc5c(-c6ccccc6)cccc45)c3)n2)cc1. The van der Waals surface area contributed by atoms with Crippen molar-refractivity contribution in [3.63, 3.8) is 0 Å². The molecular formula is C47H31N3. The van der Waals surface area contributed by atoms with E-state index in [0.29, 0.717) is 17.5 Å². The van der Waals surface area contributed by atoms with Crippen molar-refractivity contribution in [3.05, 3.63) is 188 Å². The number of hydrogen-bond donors (Lipinski definition) is 0. The molecule has 0 bridgehead atoms. The van der Waals surface area contributed by atoms with Crippen molar-refractivity contribution in [2.45, 2.75) is 0 Å². The van der Waals surface area contributed by atoms with Crippen molar-refractivity contribution in [2.75, 3.05) is 0 Å². The molecule has 0 aliphatic heterocycles. The van der Waals surface area contributed by atoms with Gasteiger partial charge in [0, 0.05) is 16.7 Å². The molecule has 1 heterocycles. The summed E-state index contributed by atoms with van der Waals surface area (Å²) in [5.41, 5.74) is 9.90. The summed E-state index contributed by atoms with van der Waals surface area (Å²) < 4.78 is 0. The third-order valence-corrected chi connectivity index (χ3v) is 9.35. The molecule has 3 nitrogen and oxygen atoms in total. The van der Waals surface area contributed by atoms with E-state index in [0.717, 1.165) is 27.8 Å². The van der Waals surface area contributed by atoms with E-state index in [9.17, 15) is 0 Å². The lowest BCUT2D eigenvalue weighted by Crippen LogP contribution is -2.00. The Labute approximate surface area is 291 Å². The van der Waals surface area contributed by atoms with Crippen LogP contribution in [0.25, 0.3) is 89.1 Å². The van der Waals surface area contributed by atoms with Crippen molar-refractivity contribution in [1.82, 2.24) is 15.0 Å². The zero-order chi connectivity index (χ0) is 33.3. The lowest BCUT2D eigenvalue weighted by molar-refractivity contribution is 1.07. The summed E-state index contributed by atoms with van der Waals surface area (Å²) in [5, 5.41) is 4.89. The molecule has 9 aromatic rings. The molecule has 50 heavy (non-hydrogen) atoms. The molecule has 0 saturated heterocycles. The number of nitrogens with zero attached hydrogens (tertiary/aromatic N) is 3. The van der Waals surface area contributed by atoms with Crippen LogP contribution in [-0.4, -0.2) is 15.0 Å². The van der Waals surface area contributed by atoms with Gasteiger partial charge < -0.3 is 0 Å². The Morgan fingerprint density at radius 2 is 0.620 bits per heavy atom. The van der Waals surface area contributed by atoms with Gasteiger partial charge in [0.15, 0.2) is 17.5 Å². The van der Waals surface area contributed by atoms with Gasteiger partial charge in [-0.05, 0) is 61.0 Å². The van der Waals surface area contributed by atoms with Gasteiger partial charge in [0.1, 0.15) is 0 Å². The quantitative estimate of drug-likeness (QED) is 0.182. The Hall–Kier alpha value is -6.71. The van der Waals surface area contributed by atoms with Gasteiger partial charge in [-0.3, -0.25) is 0 Å². The van der Waals surface area contributed by atoms with E-state index in [1.54, 1.807) is 0 Å². The minimum atomic E-state index is 0.638. The molecular weight excluding hydrogens is 607 g/mol. The lowest BCUT2D eigenvalue weighted by Gasteiger charge is -2.13. The van der Waals surface area contributed by atoms with Crippen molar-refractivity contribution >= 4 is 21.5 Å². The molecule has 0 unspecified atom stereocenters. The van der Waals surface area contributed by atoms with Crippen LogP contribution < -0.4 is 0 Å². The van der Waals surface area contributed by atoms with E-state index in [4.69, 9.17) is 15.0 Å². The zero-order valence-corrected chi connectivity index (χ0v) is 27.2. The first-order valence-electron chi connectivity index (χ1n) is 16.9. The molecule has 0 saturated carbocycles. The zero-order valence-electron chi connectivity index (χ0n) is 27.2. The Bertz CT molecular complexity index is 2620. The summed E-state index contributed by atoms with van der Waals surface area (Å²) in [6, 6.07) is 65.9. The van der Waals surface area contributed by atoms with Gasteiger partial charge in [-0.15, -0.1) is 0 Å². The molecule has 234 valence electrons. The Kier molecular flexibility index (Phi) is 7.49. The maximum atomic E-state index is 5.08. The van der Waals surface area contributed by atoms with Crippen LogP contribution >= 0.6 is 0 Å². The summed E-state index contributed by atoms with van der Waals surface area (Å²) in [5.74, 6) is 1.92. The van der Waals surface area contributed by atoms with Gasteiger partial charge in [-0.1, -0.05) is 182 Å². The summed E-state index contributed by atoms with van der Waals surface area (Å²) >= 11 is 0. The molecule has 0 atom stereocenters. The van der Waals surface area contributed by atoms with Crippen LogP contribution in [0.3, 0.4) is 0 Å². The minimum absolute atomic E-state index is 0.638. The second-order valence-electron chi connectivity index (χ2n) is 12.4. The smallest absolute Gasteiger partial charge is 0.164 e. The average Bonchev–Trinajstić information content (AvgIpc) is 3.21. The number of rotatable bonds is 6. The molecule has 0 radical (unpaired) electrons. The highest BCUT2D eigenvalue weighted by Crippen LogP contribution is 2.36. The van der Waals surface area contributed by atoms with Crippen LogP contribution in [0.2, 0.25) is 0 Å². The second kappa shape index (κ2) is 12.7. The number of fused-ring (bicyclic) bond motifs is 2. The minimum Gasteiger partial charge on any atom is -0.208 e. The first kappa shape index (κ1) is 29.4. The van der Waals surface area contributed by atoms with E-state index < -0.39 is 0 Å². The van der Waals surface area contributed by atoms with E-state index in [1.807, 2.05) is 30.3 Å². The van der Waals surface area contributed by atoms with Gasteiger partial charge in [0.2, 0.25) is 0 Å².